The fourth-order valence-electron chi connectivity index (χ4n) is 4.33. The average Bonchev–Trinajstić information content (AvgIpc) is 3.16. The Bertz CT molecular complexity index is 915. The topological polar surface area (TPSA) is 70.9 Å². The van der Waals surface area contributed by atoms with Crippen LogP contribution in [0.25, 0.3) is 0 Å². The molecule has 1 saturated heterocycles. The Kier molecular flexibility index (Phi) is 5.65. The second-order valence-corrected chi connectivity index (χ2v) is 7.82. The number of piperazine rings is 1. The summed E-state index contributed by atoms with van der Waals surface area (Å²) in [6, 6.07) is 9.40. The molecule has 160 valence electrons. The van der Waals surface area contributed by atoms with Gasteiger partial charge in [0.1, 0.15) is 17.6 Å². The van der Waals surface area contributed by atoms with Crippen molar-refractivity contribution in [2.24, 2.45) is 0 Å². The maximum absolute atomic E-state index is 13.4. The Morgan fingerprint density at radius 3 is 2.47 bits per heavy atom. The second-order valence-electron chi connectivity index (χ2n) is 7.82. The number of carbonyl (C=O) groups excluding carboxylic acids is 2. The third-order valence-electron chi connectivity index (χ3n) is 5.95. The molecule has 0 spiro atoms. The normalized spacial score (nSPS) is 17.7. The third-order valence-corrected chi connectivity index (χ3v) is 5.95. The summed E-state index contributed by atoms with van der Waals surface area (Å²) in [5, 5.41) is 4.46. The maximum Gasteiger partial charge on any atom is 0.245 e. The summed E-state index contributed by atoms with van der Waals surface area (Å²) in [5.41, 5.74) is 1.99. The molecule has 8 heteroatoms. The lowest BCUT2D eigenvalue weighted by Gasteiger charge is -2.40. The summed E-state index contributed by atoms with van der Waals surface area (Å²) >= 11 is 0. The number of fused-ring (bicyclic) bond motifs is 1. The smallest absolute Gasteiger partial charge is 0.245 e. The molecule has 1 fully saturated rings. The molecule has 1 aromatic heterocycles. The Morgan fingerprint density at radius 1 is 1.13 bits per heavy atom. The van der Waals surface area contributed by atoms with Gasteiger partial charge in [-0.2, -0.15) is 5.10 Å². The SMILES string of the molecule is CCC(C(=O)N1CCN(c2ccc(OC)cc2)CC1)N1C(=O)CCn2nc(C)cc21. The van der Waals surface area contributed by atoms with Crippen molar-refractivity contribution in [3.8, 4) is 5.75 Å². The number of amides is 2. The molecule has 0 aliphatic carbocycles. The molecule has 0 N–H and O–H groups in total. The number of methoxy groups -OCH3 is 1. The Hall–Kier alpha value is -3.03. The first kappa shape index (κ1) is 20.3. The van der Waals surface area contributed by atoms with Crippen molar-refractivity contribution < 1.29 is 14.3 Å². The number of aromatic nitrogens is 2. The first-order valence-corrected chi connectivity index (χ1v) is 10.6. The van der Waals surface area contributed by atoms with Gasteiger partial charge in [0.05, 0.1) is 19.3 Å². The monoisotopic (exact) mass is 411 g/mol. The van der Waals surface area contributed by atoms with Crippen LogP contribution in [-0.2, 0) is 16.1 Å². The molecule has 8 nitrogen and oxygen atoms in total. The van der Waals surface area contributed by atoms with E-state index in [2.05, 4.69) is 10.00 Å². The van der Waals surface area contributed by atoms with E-state index in [0.717, 1.165) is 36.0 Å². The van der Waals surface area contributed by atoms with Gasteiger partial charge in [-0.1, -0.05) is 6.92 Å². The number of ether oxygens (including phenoxy) is 1. The second kappa shape index (κ2) is 8.38. The van der Waals surface area contributed by atoms with Gasteiger partial charge in [0, 0.05) is 44.4 Å². The number of rotatable bonds is 5. The molecule has 2 amide bonds. The largest absolute Gasteiger partial charge is 0.497 e. The highest BCUT2D eigenvalue weighted by atomic mass is 16.5. The van der Waals surface area contributed by atoms with Crippen LogP contribution in [0.4, 0.5) is 11.5 Å². The fourth-order valence-corrected chi connectivity index (χ4v) is 4.33. The van der Waals surface area contributed by atoms with Crippen molar-refractivity contribution in [2.45, 2.75) is 39.3 Å². The lowest BCUT2D eigenvalue weighted by molar-refractivity contribution is -0.135. The number of aryl methyl sites for hydroxylation is 2. The first-order chi connectivity index (χ1) is 14.5. The van der Waals surface area contributed by atoms with Crippen LogP contribution >= 0.6 is 0 Å². The van der Waals surface area contributed by atoms with Crippen LogP contribution in [0.2, 0.25) is 0 Å². The van der Waals surface area contributed by atoms with Crippen LogP contribution < -0.4 is 14.5 Å². The lowest BCUT2D eigenvalue weighted by atomic mass is 10.1. The molecule has 2 aromatic rings. The van der Waals surface area contributed by atoms with E-state index >= 15 is 0 Å². The summed E-state index contributed by atoms with van der Waals surface area (Å²) in [4.78, 5) is 32.0. The third kappa shape index (κ3) is 3.74. The van der Waals surface area contributed by atoms with Crippen LogP contribution in [0, 0.1) is 6.92 Å². The van der Waals surface area contributed by atoms with Gasteiger partial charge in [0.2, 0.25) is 11.8 Å². The number of anilines is 2. The Morgan fingerprint density at radius 2 is 1.83 bits per heavy atom. The van der Waals surface area contributed by atoms with Crippen LogP contribution in [-0.4, -0.2) is 65.8 Å². The maximum atomic E-state index is 13.4. The van der Waals surface area contributed by atoms with Gasteiger partial charge in [-0.25, -0.2) is 4.68 Å². The molecular formula is C22H29N5O3. The van der Waals surface area contributed by atoms with E-state index in [4.69, 9.17) is 4.74 Å². The van der Waals surface area contributed by atoms with Crippen LogP contribution in [0.3, 0.4) is 0 Å². The predicted octanol–water partition coefficient (Wildman–Crippen LogP) is 2.06. The van der Waals surface area contributed by atoms with Gasteiger partial charge in [0.15, 0.2) is 0 Å². The van der Waals surface area contributed by atoms with Crippen molar-refractivity contribution in [2.75, 3.05) is 43.1 Å². The van der Waals surface area contributed by atoms with Gasteiger partial charge >= 0.3 is 0 Å². The van der Waals surface area contributed by atoms with E-state index in [9.17, 15) is 9.59 Å². The molecule has 0 saturated carbocycles. The molecule has 30 heavy (non-hydrogen) atoms. The highest BCUT2D eigenvalue weighted by Crippen LogP contribution is 2.27. The summed E-state index contributed by atoms with van der Waals surface area (Å²) in [6.45, 7) is 7.26. The van der Waals surface area contributed by atoms with Crippen LogP contribution in [0.1, 0.15) is 25.5 Å². The predicted molar refractivity (Wildman–Crippen MR) is 115 cm³/mol. The van der Waals surface area contributed by atoms with Gasteiger partial charge in [-0.15, -0.1) is 0 Å². The standard InChI is InChI=1S/C22H29N5O3/c1-4-19(27-20-15-16(2)23-26(20)10-9-21(27)28)22(29)25-13-11-24(12-14-25)17-5-7-18(30-3)8-6-17/h5-8,15,19H,4,9-14H2,1-3H3. The van der Waals surface area contributed by atoms with Crippen molar-refractivity contribution in [3.63, 3.8) is 0 Å². The summed E-state index contributed by atoms with van der Waals surface area (Å²) < 4.78 is 7.07. The minimum Gasteiger partial charge on any atom is -0.497 e. The molecule has 0 radical (unpaired) electrons. The van der Waals surface area contributed by atoms with Gasteiger partial charge in [0.25, 0.3) is 0 Å². The van der Waals surface area contributed by atoms with Crippen molar-refractivity contribution in [3.05, 3.63) is 36.0 Å². The van der Waals surface area contributed by atoms with E-state index < -0.39 is 6.04 Å². The molecule has 2 aliphatic heterocycles. The molecule has 2 aliphatic rings. The zero-order chi connectivity index (χ0) is 21.3. The van der Waals surface area contributed by atoms with E-state index in [1.165, 1.54) is 0 Å². The minimum absolute atomic E-state index is 0.000492. The number of benzene rings is 1. The number of hydrogen-bond donors (Lipinski definition) is 0. The van der Waals surface area contributed by atoms with Crippen LogP contribution in [0.15, 0.2) is 30.3 Å². The van der Waals surface area contributed by atoms with E-state index in [-0.39, 0.29) is 11.8 Å². The summed E-state index contributed by atoms with van der Waals surface area (Å²) in [6.07, 6.45) is 0.955. The Labute approximate surface area is 177 Å². The van der Waals surface area contributed by atoms with E-state index in [1.807, 2.05) is 53.8 Å². The molecule has 1 unspecified atom stereocenters. The quantitative estimate of drug-likeness (QED) is 0.753. The van der Waals surface area contributed by atoms with E-state index in [0.29, 0.717) is 32.5 Å². The minimum atomic E-state index is -0.486. The first-order valence-electron chi connectivity index (χ1n) is 10.6. The highest BCUT2D eigenvalue weighted by molar-refractivity contribution is 6.01. The average molecular weight is 412 g/mol. The van der Waals surface area contributed by atoms with Gasteiger partial charge in [-0.05, 0) is 37.6 Å². The molecule has 4 rings (SSSR count). The summed E-state index contributed by atoms with van der Waals surface area (Å²) in [7, 11) is 1.66. The molecule has 1 aromatic carbocycles. The van der Waals surface area contributed by atoms with Gasteiger partial charge < -0.3 is 14.5 Å². The molecular weight excluding hydrogens is 382 g/mol. The molecule has 1 atom stereocenters. The van der Waals surface area contributed by atoms with Crippen molar-refractivity contribution >= 4 is 23.3 Å². The van der Waals surface area contributed by atoms with Crippen LogP contribution in [0.5, 0.6) is 5.75 Å². The molecule has 0 bridgehead atoms. The van der Waals surface area contributed by atoms with Gasteiger partial charge in [-0.3, -0.25) is 14.5 Å². The molecule has 3 heterocycles. The number of carbonyl (C=O) groups is 2. The van der Waals surface area contributed by atoms with Crippen molar-refractivity contribution in [1.29, 1.82) is 0 Å². The van der Waals surface area contributed by atoms with Crippen molar-refractivity contribution in [1.82, 2.24) is 14.7 Å². The lowest BCUT2D eigenvalue weighted by Crippen LogP contribution is -2.57. The Balaban J connectivity index is 1.45. The summed E-state index contributed by atoms with van der Waals surface area (Å²) in [5.74, 6) is 1.59. The number of hydrogen-bond acceptors (Lipinski definition) is 5. The zero-order valence-corrected chi connectivity index (χ0v) is 17.9. The fraction of sp³-hybridized carbons (Fsp3) is 0.500. The zero-order valence-electron chi connectivity index (χ0n) is 17.9. The highest BCUT2D eigenvalue weighted by Gasteiger charge is 2.37. The number of nitrogens with zero attached hydrogens (tertiary/aromatic N) is 5. The van der Waals surface area contributed by atoms with E-state index in [1.54, 1.807) is 12.0 Å².